The van der Waals surface area contributed by atoms with Gasteiger partial charge in [0.1, 0.15) is 0 Å². The second-order valence-electron chi connectivity index (χ2n) is 3.06. The number of thiazole rings is 1. The Morgan fingerprint density at radius 1 is 1.33 bits per heavy atom. The normalized spacial score (nSPS) is 12.4. The van der Waals surface area contributed by atoms with Crippen LogP contribution in [0.25, 0.3) is 0 Å². The van der Waals surface area contributed by atoms with Crippen molar-refractivity contribution in [2.75, 3.05) is 5.32 Å². The molecule has 3 rings (SSSR count). The van der Waals surface area contributed by atoms with Gasteiger partial charge in [-0.25, -0.2) is 0 Å². The van der Waals surface area contributed by atoms with E-state index in [4.69, 9.17) is 0 Å². The number of aromatic nitrogens is 1. The Morgan fingerprint density at radius 3 is 2.80 bits per heavy atom. The Hall–Kier alpha value is -1.68. The van der Waals surface area contributed by atoms with E-state index in [2.05, 4.69) is 10.3 Å². The fourth-order valence-corrected chi connectivity index (χ4v) is 1.69. The maximum absolute atomic E-state index is 10.8. The van der Waals surface area contributed by atoms with Crippen LogP contribution in [0.4, 0.5) is 5.69 Å². The van der Waals surface area contributed by atoms with Crippen LogP contribution < -0.4 is 5.32 Å². The summed E-state index contributed by atoms with van der Waals surface area (Å²) < 4.78 is 0. The number of carbonyl (C=O) groups excluding carboxylic acids is 1. The molecule has 0 saturated carbocycles. The number of fused-ring (bicyclic) bond motifs is 1. The molecule has 0 aliphatic carbocycles. The predicted octanol–water partition coefficient (Wildman–Crippen LogP) is 2.32. The van der Waals surface area contributed by atoms with Crippen LogP contribution >= 0.6 is 11.3 Å². The van der Waals surface area contributed by atoms with Gasteiger partial charge >= 0.3 is 0 Å². The minimum Gasteiger partial charge on any atom is -0.326 e. The van der Waals surface area contributed by atoms with Crippen molar-refractivity contribution in [2.24, 2.45) is 0 Å². The first-order valence-electron chi connectivity index (χ1n) is 4.56. The molecule has 0 unspecified atom stereocenters. The molecule has 0 radical (unpaired) electrons. The highest BCUT2D eigenvalue weighted by molar-refractivity contribution is 7.07. The van der Waals surface area contributed by atoms with Gasteiger partial charge in [0.15, 0.2) is 0 Å². The maximum atomic E-state index is 10.8. The van der Waals surface area contributed by atoms with Crippen LogP contribution in [0.15, 0.2) is 41.4 Å². The largest absolute Gasteiger partial charge is 0.326 e. The topological polar surface area (TPSA) is 42.0 Å². The molecule has 1 aromatic heterocycles. The van der Waals surface area contributed by atoms with Crippen LogP contribution in [0.2, 0.25) is 0 Å². The van der Waals surface area contributed by atoms with E-state index in [1.165, 1.54) is 0 Å². The van der Waals surface area contributed by atoms with Gasteiger partial charge in [0.25, 0.3) is 0 Å². The summed E-state index contributed by atoms with van der Waals surface area (Å²) in [6.45, 7) is 0. The number of para-hydroxylation sites is 1. The van der Waals surface area contributed by atoms with Gasteiger partial charge in [-0.3, -0.25) is 9.78 Å². The first-order chi connectivity index (χ1) is 7.36. The van der Waals surface area contributed by atoms with E-state index in [9.17, 15) is 4.79 Å². The van der Waals surface area contributed by atoms with E-state index in [-0.39, 0.29) is 5.91 Å². The first-order valence-corrected chi connectivity index (χ1v) is 5.50. The fourth-order valence-electron chi connectivity index (χ4n) is 1.34. The van der Waals surface area contributed by atoms with Crippen LogP contribution in [-0.2, 0) is 11.2 Å². The van der Waals surface area contributed by atoms with Crippen LogP contribution in [0.5, 0.6) is 0 Å². The minimum atomic E-state index is 0.0983. The number of benzene rings is 1. The molecular formula is C11H10N2OS. The molecule has 0 saturated heterocycles. The molecule has 1 aliphatic heterocycles. The molecule has 2 aromatic rings. The van der Waals surface area contributed by atoms with E-state index in [1.807, 2.05) is 29.6 Å². The Labute approximate surface area is 91.8 Å². The molecule has 15 heavy (non-hydrogen) atoms. The highest BCUT2D eigenvalue weighted by atomic mass is 32.1. The van der Waals surface area contributed by atoms with Gasteiger partial charge in [-0.05, 0) is 11.6 Å². The lowest BCUT2D eigenvalue weighted by Crippen LogP contribution is -2.03. The summed E-state index contributed by atoms with van der Waals surface area (Å²) in [5.41, 5.74) is 3.86. The minimum absolute atomic E-state index is 0.0983. The van der Waals surface area contributed by atoms with Crippen LogP contribution in [0.3, 0.4) is 0 Å². The molecular weight excluding hydrogens is 208 g/mol. The second-order valence-corrected chi connectivity index (χ2v) is 3.81. The monoisotopic (exact) mass is 218 g/mol. The smallest absolute Gasteiger partial charge is 0.228 e. The van der Waals surface area contributed by atoms with Gasteiger partial charge in [-0.15, -0.1) is 11.3 Å². The zero-order chi connectivity index (χ0) is 10.5. The van der Waals surface area contributed by atoms with E-state index in [1.54, 1.807) is 23.0 Å². The number of hydrogen-bond acceptors (Lipinski definition) is 3. The average molecular weight is 218 g/mol. The lowest BCUT2D eigenvalue weighted by atomic mass is 10.2. The average Bonchev–Trinajstić information content (AvgIpc) is 2.87. The van der Waals surface area contributed by atoms with Crippen molar-refractivity contribution in [3.8, 4) is 0 Å². The summed E-state index contributed by atoms with van der Waals surface area (Å²) in [5, 5.41) is 4.69. The summed E-state index contributed by atoms with van der Waals surface area (Å²) >= 11 is 1.60. The molecule has 76 valence electrons. The molecule has 4 heteroatoms. The number of amides is 1. The van der Waals surface area contributed by atoms with Gasteiger partial charge in [0.05, 0.1) is 11.9 Å². The zero-order valence-corrected chi connectivity index (χ0v) is 8.83. The Bertz CT molecular complexity index is 395. The van der Waals surface area contributed by atoms with E-state index >= 15 is 0 Å². The van der Waals surface area contributed by atoms with Crippen LogP contribution in [0.1, 0.15) is 5.56 Å². The number of nitrogens with one attached hydrogen (secondary N) is 1. The highest BCUT2D eigenvalue weighted by Crippen LogP contribution is 2.20. The first kappa shape index (κ1) is 9.86. The van der Waals surface area contributed by atoms with E-state index in [0.717, 1.165) is 11.3 Å². The molecule has 3 nitrogen and oxygen atoms in total. The number of rotatable bonds is 0. The zero-order valence-electron chi connectivity index (χ0n) is 8.01. The molecule has 1 aromatic carbocycles. The third-order valence-electron chi connectivity index (χ3n) is 1.99. The summed E-state index contributed by atoms with van der Waals surface area (Å²) in [6.07, 6.45) is 2.31. The number of carbonyl (C=O) groups is 1. The standard InChI is InChI=1S/C8H7NO.C3H3NS/c10-8-5-6-3-1-2-4-7(6)9-8;1-2-5-3-4-1/h1-4H,5H2,(H,9,10);1-3H. The molecule has 1 N–H and O–H groups in total. The van der Waals surface area contributed by atoms with Gasteiger partial charge in [0.2, 0.25) is 5.91 Å². The van der Waals surface area contributed by atoms with Gasteiger partial charge in [-0.1, -0.05) is 18.2 Å². The summed E-state index contributed by atoms with van der Waals surface area (Å²) in [5.74, 6) is 0.0983. The Balaban J connectivity index is 0.000000144. The molecule has 0 fully saturated rings. The van der Waals surface area contributed by atoms with Crippen molar-refractivity contribution < 1.29 is 4.79 Å². The van der Waals surface area contributed by atoms with Gasteiger partial charge < -0.3 is 5.32 Å². The lowest BCUT2D eigenvalue weighted by Gasteiger charge is -1.93. The third-order valence-corrected chi connectivity index (χ3v) is 2.51. The second kappa shape index (κ2) is 4.70. The van der Waals surface area contributed by atoms with Gasteiger partial charge in [0, 0.05) is 17.3 Å². The van der Waals surface area contributed by atoms with Crippen molar-refractivity contribution >= 4 is 22.9 Å². The third kappa shape index (κ3) is 2.63. The lowest BCUT2D eigenvalue weighted by molar-refractivity contribution is -0.115. The number of anilines is 1. The quantitative estimate of drug-likeness (QED) is 0.737. The molecule has 0 bridgehead atoms. The molecule has 1 aliphatic rings. The van der Waals surface area contributed by atoms with Crippen LogP contribution in [-0.4, -0.2) is 10.9 Å². The highest BCUT2D eigenvalue weighted by Gasteiger charge is 2.15. The predicted molar refractivity (Wildman–Crippen MR) is 60.9 cm³/mol. The van der Waals surface area contributed by atoms with Gasteiger partial charge in [-0.2, -0.15) is 0 Å². The summed E-state index contributed by atoms with van der Waals surface area (Å²) in [7, 11) is 0. The SMILES string of the molecule is O=C1Cc2ccccc2N1.c1cscn1. The molecule has 0 atom stereocenters. The van der Waals surface area contributed by atoms with Crippen LogP contribution in [0, 0.1) is 0 Å². The number of nitrogens with zero attached hydrogens (tertiary/aromatic N) is 1. The number of hydrogen-bond donors (Lipinski definition) is 1. The molecule has 2 heterocycles. The Kier molecular flexibility index (Phi) is 3.09. The van der Waals surface area contributed by atoms with Crippen molar-refractivity contribution in [1.29, 1.82) is 0 Å². The maximum Gasteiger partial charge on any atom is 0.228 e. The Morgan fingerprint density at radius 2 is 2.20 bits per heavy atom. The van der Waals surface area contributed by atoms with E-state index in [0.29, 0.717) is 6.42 Å². The summed E-state index contributed by atoms with van der Waals surface area (Å²) in [6, 6.07) is 7.75. The van der Waals surface area contributed by atoms with Crippen molar-refractivity contribution in [1.82, 2.24) is 4.98 Å². The molecule has 1 amide bonds. The summed E-state index contributed by atoms with van der Waals surface area (Å²) in [4.78, 5) is 14.5. The van der Waals surface area contributed by atoms with Crippen molar-refractivity contribution in [2.45, 2.75) is 6.42 Å². The van der Waals surface area contributed by atoms with Crippen molar-refractivity contribution in [3.05, 3.63) is 46.9 Å². The molecule has 0 spiro atoms. The van der Waals surface area contributed by atoms with E-state index < -0.39 is 0 Å². The fraction of sp³-hybridized carbons (Fsp3) is 0.0909. The van der Waals surface area contributed by atoms with Crippen molar-refractivity contribution in [3.63, 3.8) is 0 Å².